The van der Waals surface area contributed by atoms with Crippen LogP contribution >= 0.6 is 22.6 Å². The lowest BCUT2D eigenvalue weighted by atomic mass is 10.1. The van der Waals surface area contributed by atoms with E-state index in [2.05, 4.69) is 27.9 Å². The molecule has 0 unspecified atom stereocenters. The average Bonchev–Trinajstić information content (AvgIpc) is 2.93. The number of rotatable bonds is 7. The molecule has 2 aromatic carbocycles. The minimum absolute atomic E-state index is 0.00849. The molecule has 7 heteroatoms. The van der Waals surface area contributed by atoms with Crippen LogP contribution in [-0.4, -0.2) is 29.5 Å². The largest absolute Gasteiger partial charge is 0.490 e. The molecule has 0 aromatic heterocycles. The second kappa shape index (κ2) is 9.30. The lowest BCUT2D eigenvalue weighted by Gasteiger charge is -2.17. The number of halogens is 1. The summed E-state index contributed by atoms with van der Waals surface area (Å²) < 4.78 is 12.5. The molecule has 1 aliphatic heterocycles. The standard InChI is InChI=1S/C22H23IN2O4/c1-4-28-19-12-16(10-17(23)20(19)29-14(2)3)11-18-21(26)25(22(27)24-18)13-15-8-6-5-7-9-15/h5-12,14H,4,13H2,1-3H3,(H,24,27)/b18-11+. The monoisotopic (exact) mass is 506 g/mol. The Labute approximate surface area is 184 Å². The van der Waals surface area contributed by atoms with Gasteiger partial charge in [-0.1, -0.05) is 30.3 Å². The summed E-state index contributed by atoms with van der Waals surface area (Å²) in [7, 11) is 0. The van der Waals surface area contributed by atoms with E-state index in [1.165, 1.54) is 4.90 Å². The maximum Gasteiger partial charge on any atom is 0.329 e. The molecule has 29 heavy (non-hydrogen) atoms. The van der Waals surface area contributed by atoms with Crippen molar-refractivity contribution < 1.29 is 19.1 Å². The van der Waals surface area contributed by atoms with Crippen molar-refractivity contribution in [1.82, 2.24) is 10.2 Å². The number of carbonyl (C=O) groups is 2. The summed E-state index contributed by atoms with van der Waals surface area (Å²) in [5, 5.41) is 2.66. The van der Waals surface area contributed by atoms with Gasteiger partial charge < -0.3 is 14.8 Å². The van der Waals surface area contributed by atoms with Crippen molar-refractivity contribution in [2.45, 2.75) is 33.4 Å². The van der Waals surface area contributed by atoms with Crippen molar-refractivity contribution in [3.8, 4) is 11.5 Å². The minimum Gasteiger partial charge on any atom is -0.490 e. The van der Waals surface area contributed by atoms with Crippen LogP contribution < -0.4 is 14.8 Å². The highest BCUT2D eigenvalue weighted by atomic mass is 127. The molecule has 1 N–H and O–H groups in total. The zero-order chi connectivity index (χ0) is 21.0. The number of benzene rings is 2. The fourth-order valence-corrected chi connectivity index (χ4v) is 3.68. The molecule has 3 amide bonds. The molecule has 0 spiro atoms. The van der Waals surface area contributed by atoms with E-state index in [-0.39, 0.29) is 24.3 Å². The van der Waals surface area contributed by atoms with Gasteiger partial charge in [-0.05, 0) is 72.7 Å². The van der Waals surface area contributed by atoms with Crippen LogP contribution in [0.1, 0.15) is 31.9 Å². The van der Waals surface area contributed by atoms with E-state index in [9.17, 15) is 9.59 Å². The van der Waals surface area contributed by atoms with Crippen LogP contribution in [0.15, 0.2) is 48.2 Å². The maximum atomic E-state index is 12.7. The summed E-state index contributed by atoms with van der Waals surface area (Å²) in [6, 6.07) is 12.7. The first kappa shape index (κ1) is 21.2. The summed E-state index contributed by atoms with van der Waals surface area (Å²) in [6.45, 7) is 6.53. The Balaban J connectivity index is 1.87. The third kappa shape index (κ3) is 5.09. The average molecular weight is 506 g/mol. The molecule has 6 nitrogen and oxygen atoms in total. The molecule has 0 saturated carbocycles. The molecular formula is C22H23IN2O4. The Morgan fingerprint density at radius 2 is 1.90 bits per heavy atom. The lowest BCUT2D eigenvalue weighted by Crippen LogP contribution is -2.30. The van der Waals surface area contributed by atoms with Crippen LogP contribution in [0.5, 0.6) is 11.5 Å². The van der Waals surface area contributed by atoms with Gasteiger partial charge >= 0.3 is 6.03 Å². The summed E-state index contributed by atoms with van der Waals surface area (Å²) in [5.74, 6) is 0.935. The zero-order valence-electron chi connectivity index (χ0n) is 16.6. The second-order valence-electron chi connectivity index (χ2n) is 6.79. The van der Waals surface area contributed by atoms with E-state index < -0.39 is 6.03 Å². The van der Waals surface area contributed by atoms with Crippen molar-refractivity contribution in [3.63, 3.8) is 0 Å². The van der Waals surface area contributed by atoms with E-state index in [0.29, 0.717) is 18.1 Å². The van der Waals surface area contributed by atoms with Crippen LogP contribution in [0.3, 0.4) is 0 Å². The predicted molar refractivity (Wildman–Crippen MR) is 120 cm³/mol. The highest BCUT2D eigenvalue weighted by Gasteiger charge is 2.33. The van der Waals surface area contributed by atoms with Crippen molar-refractivity contribution in [1.29, 1.82) is 0 Å². The van der Waals surface area contributed by atoms with Crippen molar-refractivity contribution >= 4 is 40.6 Å². The molecule has 0 bridgehead atoms. The van der Waals surface area contributed by atoms with Gasteiger partial charge in [-0.3, -0.25) is 9.69 Å². The highest BCUT2D eigenvalue weighted by Crippen LogP contribution is 2.35. The van der Waals surface area contributed by atoms with E-state index in [0.717, 1.165) is 14.7 Å². The second-order valence-corrected chi connectivity index (χ2v) is 7.96. The first-order valence-electron chi connectivity index (χ1n) is 9.40. The molecular weight excluding hydrogens is 483 g/mol. The van der Waals surface area contributed by atoms with Gasteiger partial charge in [0.1, 0.15) is 5.70 Å². The Kier molecular flexibility index (Phi) is 6.79. The third-order valence-corrected chi connectivity index (χ3v) is 4.94. The number of nitrogens with one attached hydrogen (secondary N) is 1. The molecule has 1 saturated heterocycles. The van der Waals surface area contributed by atoms with Gasteiger partial charge in [0.25, 0.3) is 5.91 Å². The number of carbonyl (C=O) groups excluding carboxylic acids is 2. The Morgan fingerprint density at radius 3 is 2.55 bits per heavy atom. The Hall–Kier alpha value is -2.55. The van der Waals surface area contributed by atoms with Crippen molar-refractivity contribution in [2.24, 2.45) is 0 Å². The predicted octanol–water partition coefficient (Wildman–Crippen LogP) is 4.57. The summed E-state index contributed by atoms with van der Waals surface area (Å²) >= 11 is 2.18. The number of hydrogen-bond donors (Lipinski definition) is 1. The van der Waals surface area contributed by atoms with E-state index in [1.807, 2.05) is 63.2 Å². The third-order valence-electron chi connectivity index (χ3n) is 4.14. The molecule has 3 rings (SSSR count). The smallest absolute Gasteiger partial charge is 0.329 e. The van der Waals surface area contributed by atoms with Crippen LogP contribution in [0.2, 0.25) is 0 Å². The van der Waals surface area contributed by atoms with Crippen LogP contribution in [0.4, 0.5) is 4.79 Å². The first-order valence-corrected chi connectivity index (χ1v) is 10.5. The van der Waals surface area contributed by atoms with E-state index in [1.54, 1.807) is 6.08 Å². The number of amides is 3. The van der Waals surface area contributed by atoms with E-state index in [4.69, 9.17) is 9.47 Å². The Morgan fingerprint density at radius 1 is 1.17 bits per heavy atom. The number of imide groups is 1. The molecule has 0 atom stereocenters. The van der Waals surface area contributed by atoms with Gasteiger partial charge in [0, 0.05) is 0 Å². The molecule has 152 valence electrons. The van der Waals surface area contributed by atoms with Crippen molar-refractivity contribution in [3.05, 3.63) is 62.9 Å². The molecule has 1 heterocycles. The normalized spacial score (nSPS) is 15.2. The zero-order valence-corrected chi connectivity index (χ0v) is 18.7. The van der Waals surface area contributed by atoms with Gasteiger partial charge in [0.05, 0.1) is 22.8 Å². The SMILES string of the molecule is CCOc1cc(/C=C2/NC(=O)N(Cc3ccccc3)C2=O)cc(I)c1OC(C)C. The molecule has 1 aliphatic rings. The number of urea groups is 1. The minimum atomic E-state index is -0.426. The lowest BCUT2D eigenvalue weighted by molar-refractivity contribution is -0.123. The van der Waals surface area contributed by atoms with Gasteiger partial charge in [0.2, 0.25) is 0 Å². The number of ether oxygens (including phenoxy) is 2. The maximum absolute atomic E-state index is 12.7. The highest BCUT2D eigenvalue weighted by molar-refractivity contribution is 14.1. The number of hydrogen-bond acceptors (Lipinski definition) is 4. The van der Waals surface area contributed by atoms with Gasteiger partial charge in [-0.25, -0.2) is 4.79 Å². The van der Waals surface area contributed by atoms with Gasteiger partial charge in [-0.15, -0.1) is 0 Å². The van der Waals surface area contributed by atoms with Gasteiger partial charge in [-0.2, -0.15) is 0 Å². The summed E-state index contributed by atoms with van der Waals surface area (Å²) in [4.78, 5) is 26.3. The first-order chi connectivity index (χ1) is 13.9. The summed E-state index contributed by atoms with van der Waals surface area (Å²) in [5.41, 5.74) is 1.88. The van der Waals surface area contributed by atoms with Gasteiger partial charge in [0.15, 0.2) is 11.5 Å². The fraction of sp³-hybridized carbons (Fsp3) is 0.273. The Bertz CT molecular complexity index is 941. The molecule has 1 fully saturated rings. The molecule has 2 aromatic rings. The quantitative estimate of drug-likeness (QED) is 0.340. The van der Waals surface area contributed by atoms with E-state index >= 15 is 0 Å². The van der Waals surface area contributed by atoms with Crippen molar-refractivity contribution in [2.75, 3.05) is 6.61 Å². The van der Waals surface area contributed by atoms with Crippen LogP contribution in [0, 0.1) is 3.57 Å². The molecule has 0 radical (unpaired) electrons. The summed E-state index contributed by atoms with van der Waals surface area (Å²) in [6.07, 6.45) is 1.67. The van der Waals surface area contributed by atoms with Crippen LogP contribution in [-0.2, 0) is 11.3 Å². The molecule has 0 aliphatic carbocycles. The number of nitrogens with zero attached hydrogens (tertiary/aromatic N) is 1. The topological polar surface area (TPSA) is 67.9 Å². The fourth-order valence-electron chi connectivity index (χ4n) is 2.93. The van der Waals surface area contributed by atoms with Crippen LogP contribution in [0.25, 0.3) is 6.08 Å².